The molecule has 0 bridgehead atoms. The van der Waals surface area contributed by atoms with E-state index in [-0.39, 0.29) is 26.2 Å². The molecule has 2 N–H and O–H groups in total. The minimum Gasteiger partial charge on any atom is -0.508 e. The number of rotatable bonds is 2. The molecule has 0 heterocycles. The summed E-state index contributed by atoms with van der Waals surface area (Å²) in [6, 6.07) is 15.1. The Morgan fingerprint density at radius 2 is 1.00 bits per heavy atom. The Morgan fingerprint density at radius 3 is 1.15 bits per heavy atom. The average Bonchev–Trinajstić information content (AvgIpc) is 3.46. The minimum absolute atomic E-state index is 0. The standard InChI is InChI=1S/2C9H14OSi.2C5H5.Zr/c2*1-11(2,3)9-6-4-5-8(10)7-9;2*1-2-4-5-3-1;/h2*4-7,10H,1-3H3;2*1-3H,4H2;/q;;2*-1;+2. The molecule has 0 saturated carbocycles. The van der Waals surface area contributed by atoms with Gasteiger partial charge in [0, 0.05) is 0 Å². The van der Waals surface area contributed by atoms with E-state index in [0.717, 1.165) is 12.8 Å². The van der Waals surface area contributed by atoms with Gasteiger partial charge in [-0.15, -0.1) is 12.8 Å². The van der Waals surface area contributed by atoms with Crippen LogP contribution < -0.4 is 10.4 Å². The van der Waals surface area contributed by atoms with Crippen LogP contribution in [0.3, 0.4) is 0 Å². The van der Waals surface area contributed by atoms with E-state index in [1.165, 1.54) is 10.4 Å². The third-order valence-corrected chi connectivity index (χ3v) is 8.68. The van der Waals surface area contributed by atoms with Crippen LogP contribution in [0.25, 0.3) is 0 Å². The van der Waals surface area contributed by atoms with E-state index < -0.39 is 16.1 Å². The van der Waals surface area contributed by atoms with Crippen LogP contribution in [-0.4, -0.2) is 26.4 Å². The van der Waals surface area contributed by atoms with Gasteiger partial charge >= 0.3 is 26.2 Å². The van der Waals surface area contributed by atoms with Crippen molar-refractivity contribution in [3.63, 3.8) is 0 Å². The summed E-state index contributed by atoms with van der Waals surface area (Å²) in [6.07, 6.45) is 20.0. The molecule has 174 valence electrons. The van der Waals surface area contributed by atoms with Gasteiger partial charge < -0.3 is 10.2 Å². The van der Waals surface area contributed by atoms with Gasteiger partial charge in [-0.2, -0.15) is 12.2 Å². The molecule has 0 aromatic heterocycles. The fourth-order valence-electron chi connectivity index (χ4n) is 2.63. The van der Waals surface area contributed by atoms with E-state index in [2.05, 4.69) is 75.7 Å². The van der Waals surface area contributed by atoms with Gasteiger partial charge in [-0.25, -0.2) is 24.3 Å². The average molecular weight is 554 g/mol. The second-order valence-electron chi connectivity index (χ2n) is 9.61. The largest absolute Gasteiger partial charge is 2.00 e. The second kappa shape index (κ2) is 16.0. The Hall–Kier alpha value is -1.68. The van der Waals surface area contributed by atoms with Gasteiger partial charge in [0.15, 0.2) is 0 Å². The van der Waals surface area contributed by atoms with Crippen LogP contribution in [0.15, 0.2) is 85.0 Å². The fourth-order valence-corrected chi connectivity index (χ4v) is 4.98. The Morgan fingerprint density at radius 1 is 0.636 bits per heavy atom. The molecule has 0 unspecified atom stereocenters. The molecule has 2 aliphatic carbocycles. The summed E-state index contributed by atoms with van der Waals surface area (Å²) in [5, 5.41) is 21.0. The molecule has 0 aliphatic heterocycles. The normalized spacial score (nSPS) is 13.0. The van der Waals surface area contributed by atoms with Crippen molar-refractivity contribution in [2.75, 3.05) is 0 Å². The summed E-state index contributed by atoms with van der Waals surface area (Å²) < 4.78 is 0. The van der Waals surface area contributed by atoms with Gasteiger partial charge in [0.05, 0.1) is 16.1 Å². The minimum atomic E-state index is -1.22. The SMILES string of the molecule is C[Si](C)(C)c1cccc(O)c1.C[Si](C)(C)c1cccc(O)c1.[C-]1=CC=CC1.[C-]1=CC=CC1.[Zr+2]. The Balaban J connectivity index is 0.000000434. The maximum Gasteiger partial charge on any atom is 2.00 e. The van der Waals surface area contributed by atoms with Crippen molar-refractivity contribution < 1.29 is 36.4 Å². The first-order valence-corrected chi connectivity index (χ1v) is 18.0. The molecule has 2 aliphatic rings. The Kier molecular flexibility index (Phi) is 15.2. The summed E-state index contributed by atoms with van der Waals surface area (Å²) in [7, 11) is -2.45. The number of hydrogen-bond donors (Lipinski definition) is 2. The van der Waals surface area contributed by atoms with Crippen LogP contribution >= 0.6 is 0 Å². The van der Waals surface area contributed by atoms with Crippen molar-refractivity contribution in [2.24, 2.45) is 0 Å². The van der Waals surface area contributed by atoms with E-state index in [1.54, 1.807) is 12.1 Å². The molecule has 33 heavy (non-hydrogen) atoms. The van der Waals surface area contributed by atoms with Crippen LogP contribution in [0.2, 0.25) is 39.3 Å². The first-order valence-electron chi connectivity index (χ1n) is 11.0. The van der Waals surface area contributed by atoms with Gasteiger partial charge in [0.1, 0.15) is 11.5 Å². The number of hydrogen-bond acceptors (Lipinski definition) is 2. The molecule has 5 heteroatoms. The number of benzene rings is 2. The van der Waals surface area contributed by atoms with E-state index in [0.29, 0.717) is 11.5 Å². The van der Waals surface area contributed by atoms with E-state index in [4.69, 9.17) is 0 Å². The summed E-state index contributed by atoms with van der Waals surface area (Å²) >= 11 is 0. The van der Waals surface area contributed by atoms with Crippen molar-refractivity contribution in [3.05, 3.63) is 97.1 Å². The number of phenols is 2. The van der Waals surface area contributed by atoms with Gasteiger partial charge in [-0.3, -0.25) is 12.2 Å². The molecule has 2 aromatic carbocycles. The Bertz CT molecular complexity index is 836. The topological polar surface area (TPSA) is 40.5 Å². The van der Waals surface area contributed by atoms with Gasteiger partial charge in [-0.1, -0.05) is 73.9 Å². The predicted molar refractivity (Wildman–Crippen MR) is 145 cm³/mol. The van der Waals surface area contributed by atoms with Crippen molar-refractivity contribution in [3.8, 4) is 11.5 Å². The smallest absolute Gasteiger partial charge is 0.508 e. The molecular weight excluding hydrogens is 516 g/mol. The first-order chi connectivity index (χ1) is 15.0. The third-order valence-electron chi connectivity index (χ3n) is 4.60. The van der Waals surface area contributed by atoms with Crippen LogP contribution in [0.5, 0.6) is 11.5 Å². The summed E-state index contributed by atoms with van der Waals surface area (Å²) in [5.41, 5.74) is 0. The second-order valence-corrected chi connectivity index (χ2v) is 19.8. The molecule has 0 fully saturated rings. The molecule has 2 nitrogen and oxygen atoms in total. The van der Waals surface area contributed by atoms with Crippen LogP contribution in [-0.2, 0) is 26.2 Å². The number of phenolic OH excluding ortho intramolecular Hbond substituents is 2. The molecule has 0 saturated heterocycles. The van der Waals surface area contributed by atoms with E-state index in [1.807, 2.05) is 48.6 Å². The van der Waals surface area contributed by atoms with Crippen molar-refractivity contribution >= 4 is 26.5 Å². The fraction of sp³-hybridized carbons (Fsp3) is 0.286. The van der Waals surface area contributed by atoms with Crippen molar-refractivity contribution in [1.29, 1.82) is 0 Å². The maximum absolute atomic E-state index is 9.20. The summed E-state index contributed by atoms with van der Waals surface area (Å²) in [6.45, 7) is 13.6. The van der Waals surface area contributed by atoms with Gasteiger partial charge in [-0.05, 0) is 24.3 Å². The zero-order valence-electron chi connectivity index (χ0n) is 20.9. The van der Waals surface area contributed by atoms with Gasteiger partial charge in [0.25, 0.3) is 0 Å². The van der Waals surface area contributed by atoms with Gasteiger partial charge in [0.2, 0.25) is 0 Å². The van der Waals surface area contributed by atoms with Crippen LogP contribution in [0.4, 0.5) is 0 Å². The van der Waals surface area contributed by atoms with E-state index >= 15 is 0 Å². The van der Waals surface area contributed by atoms with Crippen LogP contribution in [0, 0.1) is 12.2 Å². The zero-order chi connectivity index (χ0) is 24.0. The van der Waals surface area contributed by atoms with Crippen molar-refractivity contribution in [2.45, 2.75) is 52.1 Å². The molecule has 2 aromatic rings. The number of aromatic hydroxyl groups is 2. The number of allylic oxidation sites excluding steroid dienone is 8. The summed E-state index contributed by atoms with van der Waals surface area (Å²) in [4.78, 5) is 0. The van der Waals surface area contributed by atoms with E-state index in [9.17, 15) is 10.2 Å². The van der Waals surface area contributed by atoms with Crippen LogP contribution in [0.1, 0.15) is 12.8 Å². The van der Waals surface area contributed by atoms with Crippen molar-refractivity contribution in [1.82, 2.24) is 0 Å². The molecule has 0 spiro atoms. The first kappa shape index (κ1) is 31.3. The molecular formula is C28H38O2Si2Zr. The summed E-state index contributed by atoms with van der Waals surface area (Å²) in [5.74, 6) is 0.759. The zero-order valence-corrected chi connectivity index (χ0v) is 25.3. The Labute approximate surface area is 222 Å². The third kappa shape index (κ3) is 15.0. The quantitative estimate of drug-likeness (QED) is 0.330. The molecule has 0 radical (unpaired) electrons. The molecule has 4 rings (SSSR count). The molecule has 0 atom stereocenters. The maximum atomic E-state index is 9.20. The predicted octanol–water partition coefficient (Wildman–Crippen LogP) is 6.48. The molecule has 0 amide bonds. The monoisotopic (exact) mass is 552 g/mol.